The van der Waals surface area contributed by atoms with Crippen LogP contribution in [0.5, 0.6) is 0 Å². The van der Waals surface area contributed by atoms with Gasteiger partial charge in [0.2, 0.25) is 0 Å². The van der Waals surface area contributed by atoms with Gasteiger partial charge >= 0.3 is 5.97 Å². The molecule has 8 rings (SSSR count). The van der Waals surface area contributed by atoms with E-state index in [9.17, 15) is 14.3 Å². The van der Waals surface area contributed by atoms with Crippen LogP contribution in [0.3, 0.4) is 0 Å². The largest absolute Gasteiger partial charge is 0.481 e. The number of fused-ring (bicyclic) bond motifs is 4. The zero-order valence-corrected chi connectivity index (χ0v) is 17.8. The third-order valence-electron chi connectivity index (χ3n) is 8.34. The standard InChI is InChI=1S/C24H23FN6O2/c25-11-8-16-17(10-27-21(16)26-9-11)22-29-23(18-2-1-7-31(18)30-22)28-20-15-6-5-14(19(20)24(32)33)12-3-4-13(12)15/h1-2,7-10,12-15,19-20H,3-6H2,(H,26,27)(H,32,33)(H,28,29,30)/t12?,13?,14-,15+,19+,20+/m0/s1. The summed E-state index contributed by atoms with van der Waals surface area (Å²) in [7, 11) is 0. The van der Waals surface area contributed by atoms with Crippen molar-refractivity contribution in [3.05, 3.63) is 42.6 Å². The molecule has 6 atom stereocenters. The first-order valence-corrected chi connectivity index (χ1v) is 11.6. The summed E-state index contributed by atoms with van der Waals surface area (Å²) < 4.78 is 15.6. The van der Waals surface area contributed by atoms with Crippen LogP contribution in [0.4, 0.5) is 10.2 Å². The Morgan fingerprint density at radius 3 is 2.79 bits per heavy atom. The number of carbonyl (C=O) groups is 1. The van der Waals surface area contributed by atoms with Crippen LogP contribution in [0.15, 0.2) is 36.8 Å². The highest BCUT2D eigenvalue weighted by Gasteiger charge is 2.59. The Kier molecular flexibility index (Phi) is 3.89. The summed E-state index contributed by atoms with van der Waals surface area (Å²) in [5.74, 6) is 1.23. The van der Waals surface area contributed by atoms with Gasteiger partial charge in [0.05, 0.1) is 12.1 Å². The zero-order chi connectivity index (χ0) is 22.3. The van der Waals surface area contributed by atoms with Gasteiger partial charge in [-0.15, -0.1) is 5.10 Å². The number of nitrogens with one attached hydrogen (secondary N) is 2. The molecule has 0 amide bonds. The fraction of sp³-hybridized carbons (Fsp3) is 0.417. The number of hydrogen-bond acceptors (Lipinski definition) is 5. The number of aromatic amines is 1. The fourth-order valence-corrected chi connectivity index (χ4v) is 6.86. The minimum Gasteiger partial charge on any atom is -0.481 e. The van der Waals surface area contributed by atoms with Crippen LogP contribution in [0.25, 0.3) is 27.9 Å². The zero-order valence-electron chi connectivity index (χ0n) is 17.8. The van der Waals surface area contributed by atoms with E-state index in [4.69, 9.17) is 4.98 Å². The lowest BCUT2D eigenvalue weighted by molar-refractivity contribution is -0.160. The lowest BCUT2D eigenvalue weighted by atomic mass is 9.46. The summed E-state index contributed by atoms with van der Waals surface area (Å²) in [6.07, 6.45) is 9.16. The molecule has 4 heterocycles. The smallest absolute Gasteiger partial charge is 0.308 e. The molecule has 2 unspecified atom stereocenters. The SMILES string of the molecule is O=C(O)[C@H]1[C@H](Nc2nc(-c3c[nH]c4ncc(F)cc34)nn3cccc23)[C@@H]2CC[C@H]1C1CCC12. The van der Waals surface area contributed by atoms with Gasteiger partial charge in [-0.2, -0.15) is 0 Å². The maximum absolute atomic E-state index is 13.9. The second-order valence-electron chi connectivity index (χ2n) is 9.72. The van der Waals surface area contributed by atoms with E-state index in [0.29, 0.717) is 46.0 Å². The van der Waals surface area contributed by atoms with Crippen molar-refractivity contribution >= 4 is 28.3 Å². The Hall–Kier alpha value is -3.49. The third-order valence-corrected chi connectivity index (χ3v) is 8.34. The molecule has 0 aliphatic heterocycles. The number of carboxylic acid groups (broad SMARTS) is 1. The molecule has 0 aromatic carbocycles. The van der Waals surface area contributed by atoms with Crippen LogP contribution < -0.4 is 5.32 Å². The summed E-state index contributed by atoms with van der Waals surface area (Å²) in [4.78, 5) is 24.3. The Labute approximate surface area is 188 Å². The predicted octanol–water partition coefficient (Wildman–Crippen LogP) is 3.96. The summed E-state index contributed by atoms with van der Waals surface area (Å²) in [5.41, 5.74) is 2.00. The van der Waals surface area contributed by atoms with Crippen molar-refractivity contribution in [2.45, 2.75) is 31.7 Å². The lowest BCUT2D eigenvalue weighted by Gasteiger charge is -2.60. The van der Waals surface area contributed by atoms with Gasteiger partial charge in [0.1, 0.15) is 17.0 Å². The molecule has 2 bridgehead atoms. The average molecular weight is 446 g/mol. The Bertz CT molecular complexity index is 1410. The molecule has 4 aliphatic carbocycles. The Balaban J connectivity index is 1.33. The van der Waals surface area contributed by atoms with Crippen LogP contribution in [0.1, 0.15) is 25.7 Å². The lowest BCUT2D eigenvalue weighted by Crippen LogP contribution is -2.61. The second kappa shape index (κ2) is 6.76. The highest BCUT2D eigenvalue weighted by Crippen LogP contribution is 2.60. The van der Waals surface area contributed by atoms with Gasteiger partial charge < -0.3 is 15.4 Å². The van der Waals surface area contributed by atoms with Crippen molar-refractivity contribution in [3.63, 3.8) is 0 Å². The molecule has 8 nitrogen and oxygen atoms in total. The predicted molar refractivity (Wildman–Crippen MR) is 119 cm³/mol. The maximum Gasteiger partial charge on any atom is 0.308 e. The number of carboxylic acids is 1. The first-order chi connectivity index (χ1) is 16.1. The van der Waals surface area contributed by atoms with Crippen molar-refractivity contribution in [1.82, 2.24) is 24.6 Å². The van der Waals surface area contributed by atoms with Crippen molar-refractivity contribution in [3.8, 4) is 11.4 Å². The van der Waals surface area contributed by atoms with Gasteiger partial charge in [0.15, 0.2) is 11.6 Å². The molecular formula is C24H23FN6O2. The monoisotopic (exact) mass is 446 g/mol. The number of H-pyrrole nitrogens is 1. The minimum atomic E-state index is -0.716. The van der Waals surface area contributed by atoms with Crippen molar-refractivity contribution in [2.24, 2.45) is 29.6 Å². The number of hydrogen-bond donors (Lipinski definition) is 3. The Morgan fingerprint density at radius 1 is 1.18 bits per heavy atom. The number of aliphatic carboxylic acids is 1. The van der Waals surface area contributed by atoms with E-state index in [1.54, 1.807) is 10.7 Å². The number of nitrogens with zero attached hydrogens (tertiary/aromatic N) is 4. The van der Waals surface area contributed by atoms with Crippen LogP contribution in [-0.2, 0) is 4.79 Å². The van der Waals surface area contributed by atoms with Crippen LogP contribution >= 0.6 is 0 Å². The molecule has 4 saturated carbocycles. The third kappa shape index (κ3) is 2.68. The van der Waals surface area contributed by atoms with E-state index in [1.807, 2.05) is 18.3 Å². The van der Waals surface area contributed by atoms with Crippen molar-refractivity contribution in [2.75, 3.05) is 5.32 Å². The number of halogens is 1. The van der Waals surface area contributed by atoms with E-state index in [-0.39, 0.29) is 12.0 Å². The molecule has 4 aliphatic rings. The van der Waals surface area contributed by atoms with Crippen molar-refractivity contribution < 1.29 is 14.3 Å². The molecule has 168 valence electrons. The molecule has 33 heavy (non-hydrogen) atoms. The fourth-order valence-electron chi connectivity index (χ4n) is 6.86. The van der Waals surface area contributed by atoms with E-state index < -0.39 is 17.7 Å². The van der Waals surface area contributed by atoms with Crippen LogP contribution in [-0.4, -0.2) is 41.7 Å². The van der Waals surface area contributed by atoms with Crippen LogP contribution in [0.2, 0.25) is 0 Å². The number of rotatable bonds is 4. The number of pyridine rings is 1. The molecule has 9 heteroatoms. The van der Waals surface area contributed by atoms with E-state index in [2.05, 4.69) is 20.4 Å². The maximum atomic E-state index is 13.9. The molecule has 4 fully saturated rings. The molecule has 0 spiro atoms. The van der Waals surface area contributed by atoms with Gasteiger partial charge in [-0.25, -0.2) is 18.9 Å². The Morgan fingerprint density at radius 2 is 1.97 bits per heavy atom. The average Bonchev–Trinajstić information content (AvgIpc) is 3.40. The first-order valence-electron chi connectivity index (χ1n) is 11.6. The number of aromatic nitrogens is 5. The topological polar surface area (TPSA) is 108 Å². The summed E-state index contributed by atoms with van der Waals surface area (Å²) >= 11 is 0. The second-order valence-corrected chi connectivity index (χ2v) is 9.72. The molecule has 3 N–H and O–H groups in total. The molecule has 4 aromatic heterocycles. The highest BCUT2D eigenvalue weighted by atomic mass is 19.1. The van der Waals surface area contributed by atoms with Gasteiger partial charge in [-0.05, 0) is 67.6 Å². The summed E-state index contributed by atoms with van der Waals surface area (Å²) in [6, 6.07) is 5.07. The first kappa shape index (κ1) is 19.0. The van der Waals surface area contributed by atoms with Gasteiger partial charge in [0.25, 0.3) is 0 Å². The molecule has 0 radical (unpaired) electrons. The van der Waals surface area contributed by atoms with E-state index in [1.165, 1.54) is 18.7 Å². The molecule has 4 aromatic rings. The highest BCUT2D eigenvalue weighted by molar-refractivity contribution is 5.92. The van der Waals surface area contributed by atoms with Crippen molar-refractivity contribution in [1.29, 1.82) is 0 Å². The summed E-state index contributed by atoms with van der Waals surface area (Å²) in [6.45, 7) is 0. The van der Waals surface area contributed by atoms with E-state index in [0.717, 1.165) is 24.8 Å². The van der Waals surface area contributed by atoms with E-state index >= 15 is 0 Å². The van der Waals surface area contributed by atoms with Gasteiger partial charge in [-0.3, -0.25) is 4.79 Å². The summed E-state index contributed by atoms with van der Waals surface area (Å²) in [5, 5.41) is 18.9. The van der Waals surface area contributed by atoms with Gasteiger partial charge in [0, 0.05) is 29.4 Å². The van der Waals surface area contributed by atoms with Crippen LogP contribution in [0, 0.1) is 35.4 Å². The number of anilines is 1. The quantitative estimate of drug-likeness (QED) is 0.438. The molecular weight excluding hydrogens is 423 g/mol. The minimum absolute atomic E-state index is 0.161. The van der Waals surface area contributed by atoms with Gasteiger partial charge in [-0.1, -0.05) is 0 Å². The normalized spacial score (nSPS) is 30.3. The molecule has 0 saturated heterocycles.